The van der Waals surface area contributed by atoms with Gasteiger partial charge in [-0.2, -0.15) is 0 Å². The predicted molar refractivity (Wildman–Crippen MR) is 71.5 cm³/mol. The average molecular weight is 269 g/mol. The van der Waals surface area contributed by atoms with Gasteiger partial charge < -0.3 is 9.80 Å². The van der Waals surface area contributed by atoms with Crippen molar-refractivity contribution >= 4 is 23.7 Å². The monoisotopic (exact) mass is 268 g/mol. The van der Waals surface area contributed by atoms with Crippen molar-refractivity contribution in [3.8, 4) is 0 Å². The third kappa shape index (κ3) is 2.62. The molecule has 0 aliphatic carbocycles. The number of halogens is 1. The molecule has 1 aliphatic rings. The summed E-state index contributed by atoms with van der Waals surface area (Å²) in [4.78, 5) is 24.0. The van der Waals surface area contributed by atoms with Crippen molar-refractivity contribution < 1.29 is 4.79 Å². The van der Waals surface area contributed by atoms with Crippen LogP contribution in [0.25, 0.3) is 0 Å². The zero-order valence-corrected chi connectivity index (χ0v) is 11.4. The lowest BCUT2D eigenvalue weighted by molar-refractivity contribution is 0.112. The van der Waals surface area contributed by atoms with Gasteiger partial charge in [-0.25, -0.2) is 9.97 Å². The molecule has 98 valence electrons. The quantitative estimate of drug-likeness (QED) is 0.613. The summed E-state index contributed by atoms with van der Waals surface area (Å²) in [5.41, 5.74) is 0.396. The number of hydrogen-bond acceptors (Lipinski definition) is 5. The van der Waals surface area contributed by atoms with Crippen molar-refractivity contribution in [2.24, 2.45) is 0 Å². The van der Waals surface area contributed by atoms with Gasteiger partial charge in [0.1, 0.15) is 16.8 Å². The largest absolute Gasteiger partial charge is 0.353 e. The van der Waals surface area contributed by atoms with Crippen LogP contribution in [0.2, 0.25) is 5.15 Å². The summed E-state index contributed by atoms with van der Waals surface area (Å²) in [5, 5.41) is 0.241. The molecule has 1 aliphatic heterocycles. The fourth-order valence-corrected chi connectivity index (χ4v) is 2.40. The number of hydrogen-bond donors (Lipinski definition) is 0. The molecule has 6 heteroatoms. The molecule has 18 heavy (non-hydrogen) atoms. The van der Waals surface area contributed by atoms with Gasteiger partial charge in [0.05, 0.1) is 5.56 Å². The van der Waals surface area contributed by atoms with Gasteiger partial charge >= 0.3 is 0 Å². The first-order valence-corrected chi connectivity index (χ1v) is 6.50. The molecule has 0 N–H and O–H groups in total. The molecule has 1 saturated heterocycles. The summed E-state index contributed by atoms with van der Waals surface area (Å²) < 4.78 is 0. The first-order valence-electron chi connectivity index (χ1n) is 6.12. The van der Waals surface area contributed by atoms with Crippen LogP contribution in [0.4, 0.5) is 5.82 Å². The lowest BCUT2D eigenvalue weighted by Crippen LogP contribution is -2.46. The Morgan fingerprint density at radius 2 is 1.94 bits per heavy atom. The highest BCUT2D eigenvalue weighted by atomic mass is 35.5. The third-order valence-corrected chi connectivity index (χ3v) is 3.52. The maximum absolute atomic E-state index is 11.1. The maximum Gasteiger partial charge on any atom is 0.156 e. The van der Waals surface area contributed by atoms with Crippen molar-refractivity contribution in [1.29, 1.82) is 0 Å². The standard InChI is InChI=1S/C12H17ClN4O/c1-3-16-4-6-17(7-5-16)12-10(8-18)11(13)14-9(2)15-12/h8H,3-7H2,1-2H3. The molecule has 1 aromatic heterocycles. The number of aromatic nitrogens is 2. The highest BCUT2D eigenvalue weighted by molar-refractivity contribution is 6.32. The van der Waals surface area contributed by atoms with E-state index in [1.165, 1.54) is 0 Å². The number of carbonyl (C=O) groups excluding carboxylic acids is 1. The first kappa shape index (κ1) is 13.2. The number of aryl methyl sites for hydroxylation is 1. The molecule has 0 atom stereocenters. The summed E-state index contributed by atoms with van der Waals surface area (Å²) in [6, 6.07) is 0. The number of nitrogens with zero attached hydrogens (tertiary/aromatic N) is 4. The Morgan fingerprint density at radius 3 is 2.50 bits per heavy atom. The summed E-state index contributed by atoms with van der Waals surface area (Å²) in [6.07, 6.45) is 0.739. The molecular formula is C12H17ClN4O. The van der Waals surface area contributed by atoms with Crippen LogP contribution < -0.4 is 4.90 Å². The zero-order chi connectivity index (χ0) is 13.1. The molecule has 0 saturated carbocycles. The van der Waals surface area contributed by atoms with Crippen LogP contribution in [0.15, 0.2) is 0 Å². The van der Waals surface area contributed by atoms with E-state index in [9.17, 15) is 4.79 Å². The summed E-state index contributed by atoms with van der Waals surface area (Å²) in [5.74, 6) is 1.26. The predicted octanol–water partition coefficient (Wildman–Crippen LogP) is 1.39. The van der Waals surface area contributed by atoms with E-state index in [0.29, 0.717) is 17.2 Å². The van der Waals surface area contributed by atoms with Crippen molar-refractivity contribution in [3.05, 3.63) is 16.5 Å². The second-order valence-corrected chi connectivity index (χ2v) is 4.70. The molecule has 0 radical (unpaired) electrons. The van der Waals surface area contributed by atoms with Crippen molar-refractivity contribution in [2.75, 3.05) is 37.6 Å². The number of rotatable bonds is 3. The lowest BCUT2D eigenvalue weighted by atomic mass is 10.2. The molecule has 1 aromatic rings. The molecule has 0 bridgehead atoms. The second-order valence-electron chi connectivity index (χ2n) is 4.34. The van der Waals surface area contributed by atoms with Crippen LogP contribution in [-0.2, 0) is 0 Å². The van der Waals surface area contributed by atoms with Crippen molar-refractivity contribution in [1.82, 2.24) is 14.9 Å². The molecule has 0 amide bonds. The number of likely N-dealkylation sites (N-methyl/N-ethyl adjacent to an activating group) is 1. The van der Waals surface area contributed by atoms with E-state index < -0.39 is 0 Å². The van der Waals surface area contributed by atoms with Gasteiger partial charge in [-0.3, -0.25) is 4.79 Å². The fourth-order valence-electron chi connectivity index (χ4n) is 2.15. The topological polar surface area (TPSA) is 49.3 Å². The first-order chi connectivity index (χ1) is 8.65. The van der Waals surface area contributed by atoms with E-state index in [2.05, 4.69) is 26.7 Å². The van der Waals surface area contributed by atoms with Gasteiger partial charge in [0, 0.05) is 26.2 Å². The molecule has 0 aromatic carbocycles. The summed E-state index contributed by atoms with van der Waals surface area (Å²) in [6.45, 7) is 8.68. The van der Waals surface area contributed by atoms with Crippen LogP contribution >= 0.6 is 11.6 Å². The Morgan fingerprint density at radius 1 is 1.28 bits per heavy atom. The maximum atomic E-state index is 11.1. The van der Waals surface area contributed by atoms with Crippen LogP contribution in [0.3, 0.4) is 0 Å². The van der Waals surface area contributed by atoms with E-state index in [1.54, 1.807) is 6.92 Å². The molecule has 0 spiro atoms. The van der Waals surface area contributed by atoms with Crippen LogP contribution in [0.1, 0.15) is 23.1 Å². The smallest absolute Gasteiger partial charge is 0.156 e. The van der Waals surface area contributed by atoms with Gasteiger partial charge in [0.25, 0.3) is 0 Å². The van der Waals surface area contributed by atoms with E-state index in [-0.39, 0.29) is 5.15 Å². The Hall–Kier alpha value is -1.20. The zero-order valence-electron chi connectivity index (χ0n) is 10.7. The van der Waals surface area contributed by atoms with E-state index in [1.807, 2.05) is 0 Å². The highest BCUT2D eigenvalue weighted by Gasteiger charge is 2.21. The number of anilines is 1. The molecule has 2 rings (SSSR count). The Kier molecular flexibility index (Phi) is 4.14. The number of carbonyl (C=O) groups is 1. The molecular weight excluding hydrogens is 252 g/mol. The Labute approximate surface area is 112 Å². The minimum absolute atomic E-state index is 0.241. The fraction of sp³-hybridized carbons (Fsp3) is 0.583. The van der Waals surface area contributed by atoms with Crippen LogP contribution in [-0.4, -0.2) is 53.9 Å². The molecule has 2 heterocycles. The van der Waals surface area contributed by atoms with Crippen LogP contribution in [0, 0.1) is 6.92 Å². The van der Waals surface area contributed by atoms with Gasteiger partial charge in [-0.1, -0.05) is 18.5 Å². The minimum atomic E-state index is 0.241. The van der Waals surface area contributed by atoms with Gasteiger partial charge in [0.2, 0.25) is 0 Å². The van der Waals surface area contributed by atoms with Crippen molar-refractivity contribution in [2.45, 2.75) is 13.8 Å². The second kappa shape index (κ2) is 5.63. The summed E-state index contributed by atoms with van der Waals surface area (Å²) in [7, 11) is 0. The molecule has 0 unspecified atom stereocenters. The lowest BCUT2D eigenvalue weighted by Gasteiger charge is -2.35. The van der Waals surface area contributed by atoms with Crippen molar-refractivity contribution in [3.63, 3.8) is 0 Å². The van der Waals surface area contributed by atoms with Gasteiger partial charge in [0.15, 0.2) is 6.29 Å². The van der Waals surface area contributed by atoms with Gasteiger partial charge in [-0.15, -0.1) is 0 Å². The normalized spacial score (nSPS) is 16.9. The van der Waals surface area contributed by atoms with E-state index >= 15 is 0 Å². The SMILES string of the molecule is CCN1CCN(c2nc(C)nc(Cl)c2C=O)CC1. The molecule has 1 fully saturated rings. The highest BCUT2D eigenvalue weighted by Crippen LogP contribution is 2.23. The number of piperazine rings is 1. The average Bonchev–Trinajstić information content (AvgIpc) is 2.38. The van der Waals surface area contributed by atoms with E-state index in [4.69, 9.17) is 11.6 Å². The Balaban J connectivity index is 2.25. The number of aldehydes is 1. The third-order valence-electron chi connectivity index (χ3n) is 3.23. The van der Waals surface area contributed by atoms with E-state index in [0.717, 1.165) is 39.0 Å². The Bertz CT molecular complexity index is 444. The minimum Gasteiger partial charge on any atom is -0.353 e. The molecule has 5 nitrogen and oxygen atoms in total. The summed E-state index contributed by atoms with van der Waals surface area (Å²) >= 11 is 5.99. The van der Waals surface area contributed by atoms with Gasteiger partial charge in [-0.05, 0) is 13.5 Å². The van der Waals surface area contributed by atoms with Crippen LogP contribution in [0.5, 0.6) is 0 Å².